The van der Waals surface area contributed by atoms with Crippen molar-refractivity contribution in [3.8, 4) is 11.5 Å². The molecule has 1 heterocycles. The lowest BCUT2D eigenvalue weighted by Gasteiger charge is -2.26. The van der Waals surface area contributed by atoms with Gasteiger partial charge in [0.05, 0.1) is 11.8 Å². The number of carbonyl (C=O) groups is 2. The maximum Gasteiger partial charge on any atom is 0.275 e. The Labute approximate surface area is 163 Å². The van der Waals surface area contributed by atoms with Crippen molar-refractivity contribution in [2.75, 3.05) is 19.7 Å². The maximum absolute atomic E-state index is 12.1. The monoisotopic (exact) mass is 381 g/mol. The number of aromatic hydroxyl groups is 1. The van der Waals surface area contributed by atoms with Crippen LogP contribution in [0.25, 0.3) is 0 Å². The zero-order chi connectivity index (χ0) is 19.8. The highest BCUT2D eigenvalue weighted by molar-refractivity contribution is 5.97. The van der Waals surface area contributed by atoms with E-state index in [1.54, 1.807) is 36.4 Å². The van der Waals surface area contributed by atoms with E-state index in [1.807, 2.05) is 4.90 Å². The Morgan fingerprint density at radius 3 is 2.50 bits per heavy atom. The van der Waals surface area contributed by atoms with Crippen LogP contribution in [0.5, 0.6) is 11.5 Å². The van der Waals surface area contributed by atoms with E-state index in [-0.39, 0.29) is 23.8 Å². The van der Waals surface area contributed by atoms with Gasteiger partial charge in [0.25, 0.3) is 11.8 Å². The number of likely N-dealkylation sites (tertiary alicyclic amines) is 1. The zero-order valence-corrected chi connectivity index (χ0v) is 15.5. The van der Waals surface area contributed by atoms with Gasteiger partial charge in [0.2, 0.25) is 0 Å². The predicted molar refractivity (Wildman–Crippen MR) is 106 cm³/mol. The summed E-state index contributed by atoms with van der Waals surface area (Å²) in [4.78, 5) is 25.9. The number of nitrogens with one attached hydrogen (secondary N) is 1. The number of carbonyl (C=O) groups excluding carboxylic acids is 2. The number of hydrazone groups is 1. The molecule has 146 valence electrons. The Morgan fingerprint density at radius 2 is 1.79 bits per heavy atom. The third-order valence-corrected chi connectivity index (χ3v) is 4.48. The molecule has 0 saturated carbocycles. The minimum atomic E-state index is -0.495. The van der Waals surface area contributed by atoms with Gasteiger partial charge in [-0.3, -0.25) is 9.59 Å². The van der Waals surface area contributed by atoms with Gasteiger partial charge in [-0.05, 0) is 61.2 Å². The molecule has 1 aliphatic rings. The highest BCUT2D eigenvalue weighted by Gasteiger charge is 2.16. The third-order valence-electron chi connectivity index (χ3n) is 4.48. The first-order valence-electron chi connectivity index (χ1n) is 9.25. The smallest absolute Gasteiger partial charge is 0.275 e. The molecule has 7 heteroatoms. The summed E-state index contributed by atoms with van der Waals surface area (Å²) in [7, 11) is 0. The minimum Gasteiger partial charge on any atom is -0.507 e. The van der Waals surface area contributed by atoms with Crippen LogP contribution >= 0.6 is 0 Å². The van der Waals surface area contributed by atoms with Crippen LogP contribution in [0.2, 0.25) is 0 Å². The number of nitrogens with zero attached hydrogens (tertiary/aromatic N) is 2. The Bertz CT molecular complexity index is 843. The van der Waals surface area contributed by atoms with Gasteiger partial charge < -0.3 is 14.7 Å². The molecule has 0 bridgehead atoms. The van der Waals surface area contributed by atoms with Crippen molar-refractivity contribution < 1.29 is 19.4 Å². The molecule has 0 atom stereocenters. The van der Waals surface area contributed by atoms with Crippen LogP contribution in [0.3, 0.4) is 0 Å². The van der Waals surface area contributed by atoms with Gasteiger partial charge in [-0.2, -0.15) is 5.10 Å². The lowest BCUT2D eigenvalue weighted by Crippen LogP contribution is -2.38. The molecule has 1 fully saturated rings. The van der Waals surface area contributed by atoms with Gasteiger partial charge in [-0.15, -0.1) is 0 Å². The van der Waals surface area contributed by atoms with Crippen molar-refractivity contribution in [3.63, 3.8) is 0 Å². The number of benzene rings is 2. The number of hydrogen-bond acceptors (Lipinski definition) is 5. The van der Waals surface area contributed by atoms with Crippen molar-refractivity contribution in [2.45, 2.75) is 19.3 Å². The molecule has 7 nitrogen and oxygen atoms in total. The second-order valence-electron chi connectivity index (χ2n) is 6.52. The summed E-state index contributed by atoms with van der Waals surface area (Å²) in [6, 6.07) is 13.3. The molecular formula is C21H23N3O4. The zero-order valence-electron chi connectivity index (χ0n) is 15.5. The molecule has 0 aliphatic carbocycles. The van der Waals surface area contributed by atoms with E-state index >= 15 is 0 Å². The van der Waals surface area contributed by atoms with E-state index in [9.17, 15) is 14.7 Å². The van der Waals surface area contributed by atoms with Crippen LogP contribution in [0.15, 0.2) is 53.6 Å². The molecule has 2 N–H and O–H groups in total. The van der Waals surface area contributed by atoms with E-state index < -0.39 is 5.91 Å². The maximum atomic E-state index is 12.1. The standard InChI is InChI=1S/C21H23N3O4/c25-19-7-3-2-6-18(19)21(27)23-22-14-16-8-10-17(11-9-16)28-15-20(26)24-12-4-1-5-13-24/h2-3,6-11,14,25H,1,4-5,12-13,15H2,(H,23,27)/b22-14+. The number of amides is 2. The van der Waals surface area contributed by atoms with Gasteiger partial charge in [-0.1, -0.05) is 12.1 Å². The Hall–Kier alpha value is -3.35. The highest BCUT2D eigenvalue weighted by Crippen LogP contribution is 2.15. The first-order valence-corrected chi connectivity index (χ1v) is 9.25. The fraction of sp³-hybridized carbons (Fsp3) is 0.286. The van der Waals surface area contributed by atoms with Crippen molar-refractivity contribution in [1.29, 1.82) is 0 Å². The number of piperidine rings is 1. The SMILES string of the molecule is O=C(N/N=C/c1ccc(OCC(=O)N2CCCCC2)cc1)c1ccccc1O. The molecule has 0 unspecified atom stereocenters. The number of phenols is 1. The summed E-state index contributed by atoms with van der Waals surface area (Å²) in [6.07, 6.45) is 4.78. The number of hydrogen-bond donors (Lipinski definition) is 2. The lowest BCUT2D eigenvalue weighted by molar-refractivity contribution is -0.134. The van der Waals surface area contributed by atoms with Crippen molar-refractivity contribution >= 4 is 18.0 Å². The van der Waals surface area contributed by atoms with Crippen LogP contribution in [0.4, 0.5) is 0 Å². The molecule has 1 saturated heterocycles. The van der Waals surface area contributed by atoms with Gasteiger partial charge in [-0.25, -0.2) is 5.43 Å². The van der Waals surface area contributed by atoms with Crippen LogP contribution in [0.1, 0.15) is 35.2 Å². The summed E-state index contributed by atoms with van der Waals surface area (Å²) in [5.41, 5.74) is 3.28. The van der Waals surface area contributed by atoms with Crippen LogP contribution in [-0.2, 0) is 4.79 Å². The summed E-state index contributed by atoms with van der Waals surface area (Å²) in [5.74, 6) is 0.0132. The lowest BCUT2D eigenvalue weighted by atomic mass is 10.1. The second-order valence-corrected chi connectivity index (χ2v) is 6.52. The number of phenolic OH excluding ortho intramolecular Hbond substituents is 1. The fourth-order valence-corrected chi connectivity index (χ4v) is 2.92. The van der Waals surface area contributed by atoms with Crippen LogP contribution in [-0.4, -0.2) is 47.7 Å². The van der Waals surface area contributed by atoms with E-state index in [0.717, 1.165) is 31.5 Å². The van der Waals surface area contributed by atoms with Gasteiger partial charge >= 0.3 is 0 Å². The average Bonchev–Trinajstić information content (AvgIpc) is 2.74. The summed E-state index contributed by atoms with van der Waals surface area (Å²) >= 11 is 0. The topological polar surface area (TPSA) is 91.2 Å². The van der Waals surface area contributed by atoms with E-state index in [2.05, 4.69) is 10.5 Å². The first kappa shape index (κ1) is 19.4. The van der Waals surface area contributed by atoms with Crippen molar-refractivity contribution in [3.05, 3.63) is 59.7 Å². The number of rotatable bonds is 6. The van der Waals surface area contributed by atoms with E-state index in [4.69, 9.17) is 4.74 Å². The molecule has 3 rings (SSSR count). The highest BCUT2D eigenvalue weighted by atomic mass is 16.5. The second kappa shape index (κ2) is 9.55. The average molecular weight is 381 g/mol. The van der Waals surface area contributed by atoms with Crippen LogP contribution < -0.4 is 10.2 Å². The first-order chi connectivity index (χ1) is 13.6. The summed E-state index contributed by atoms with van der Waals surface area (Å²) in [5, 5.41) is 13.5. The van der Waals surface area contributed by atoms with Crippen molar-refractivity contribution in [2.24, 2.45) is 5.10 Å². The van der Waals surface area contributed by atoms with E-state index in [1.165, 1.54) is 24.8 Å². The Kier molecular flexibility index (Phi) is 6.62. The minimum absolute atomic E-state index is 0.0113. The summed E-state index contributed by atoms with van der Waals surface area (Å²) in [6.45, 7) is 1.65. The Balaban J connectivity index is 1.47. The molecule has 0 aromatic heterocycles. The van der Waals surface area contributed by atoms with Gasteiger partial charge in [0.15, 0.2) is 6.61 Å². The normalized spacial score (nSPS) is 14.1. The predicted octanol–water partition coefficient (Wildman–Crippen LogP) is 2.55. The fourth-order valence-electron chi connectivity index (χ4n) is 2.92. The largest absolute Gasteiger partial charge is 0.507 e. The summed E-state index contributed by atoms with van der Waals surface area (Å²) < 4.78 is 5.56. The van der Waals surface area contributed by atoms with Gasteiger partial charge in [0.1, 0.15) is 11.5 Å². The molecule has 2 aromatic rings. The van der Waals surface area contributed by atoms with Crippen molar-refractivity contribution in [1.82, 2.24) is 10.3 Å². The molecule has 28 heavy (non-hydrogen) atoms. The van der Waals surface area contributed by atoms with E-state index in [0.29, 0.717) is 5.75 Å². The quantitative estimate of drug-likeness (QED) is 0.594. The molecule has 2 amide bonds. The van der Waals surface area contributed by atoms with Gasteiger partial charge in [0, 0.05) is 13.1 Å². The number of para-hydroxylation sites is 1. The Morgan fingerprint density at radius 1 is 1.07 bits per heavy atom. The molecular weight excluding hydrogens is 358 g/mol. The molecule has 1 aliphatic heterocycles. The molecule has 2 aromatic carbocycles. The van der Waals surface area contributed by atoms with Crippen LogP contribution in [0, 0.1) is 0 Å². The third kappa shape index (κ3) is 5.33. The molecule has 0 spiro atoms. The number of ether oxygens (including phenoxy) is 1. The molecule has 0 radical (unpaired) electrons.